The molecule has 0 aliphatic heterocycles. The molecule has 0 heterocycles. The number of nitrogens with one attached hydrogen (secondary N) is 1. The highest BCUT2D eigenvalue weighted by Gasteiger charge is 2.33. The number of aliphatic hydroxyl groups is 1. The molecule has 0 unspecified atom stereocenters. The molecule has 4 N–H and O–H groups in total. The van der Waals surface area contributed by atoms with Gasteiger partial charge in [0.15, 0.2) is 0 Å². The van der Waals surface area contributed by atoms with Gasteiger partial charge < -0.3 is 16.2 Å². The summed E-state index contributed by atoms with van der Waals surface area (Å²) < 4.78 is 37.7. The van der Waals surface area contributed by atoms with Crippen LogP contribution in [0.4, 0.5) is 24.5 Å². The number of anilines is 2. The molecule has 1 aliphatic carbocycles. The van der Waals surface area contributed by atoms with E-state index in [0.717, 1.165) is 25.0 Å². The summed E-state index contributed by atoms with van der Waals surface area (Å²) in [4.78, 5) is 0. The first-order valence-corrected chi connectivity index (χ1v) is 7.13. The molecule has 118 valence electrons. The number of nitrogens with two attached hydrogens (primary N) is 1. The molecule has 0 saturated heterocycles. The first-order chi connectivity index (χ1) is 9.70. The maximum Gasteiger partial charge on any atom is 0.416 e. The molecule has 1 aromatic carbocycles. The van der Waals surface area contributed by atoms with Crippen molar-refractivity contribution in [3.63, 3.8) is 0 Å². The van der Waals surface area contributed by atoms with Crippen LogP contribution in [-0.2, 0) is 6.18 Å². The van der Waals surface area contributed by atoms with E-state index < -0.39 is 17.3 Å². The highest BCUT2D eigenvalue weighted by Crippen LogP contribution is 2.34. The smallest absolute Gasteiger partial charge is 0.397 e. The number of rotatable bonds is 3. The standard InChI is InChI=1S/C15H21F3N2O/c1-10-4-6-14(21,7-5-10)9-20-13-3-2-11(8-12(13)19)15(16,17)18/h2-3,8,10,20-21H,4-7,9,19H2,1H3. The topological polar surface area (TPSA) is 58.3 Å². The molecular weight excluding hydrogens is 281 g/mol. The lowest BCUT2D eigenvalue weighted by Gasteiger charge is -2.35. The fraction of sp³-hybridized carbons (Fsp3) is 0.600. The second-order valence-corrected chi connectivity index (χ2v) is 6.06. The summed E-state index contributed by atoms with van der Waals surface area (Å²) in [7, 11) is 0. The van der Waals surface area contributed by atoms with Gasteiger partial charge in [0.05, 0.1) is 22.5 Å². The van der Waals surface area contributed by atoms with Gasteiger partial charge >= 0.3 is 6.18 Å². The van der Waals surface area contributed by atoms with E-state index >= 15 is 0 Å². The summed E-state index contributed by atoms with van der Waals surface area (Å²) in [6.07, 6.45) is -1.09. The Labute approximate surface area is 122 Å². The second-order valence-electron chi connectivity index (χ2n) is 6.06. The van der Waals surface area contributed by atoms with Crippen molar-refractivity contribution in [3.8, 4) is 0 Å². The number of halogens is 3. The van der Waals surface area contributed by atoms with Crippen LogP contribution in [0.25, 0.3) is 0 Å². The lowest BCUT2D eigenvalue weighted by atomic mass is 9.79. The van der Waals surface area contributed by atoms with Crippen LogP contribution in [0.2, 0.25) is 0 Å². The number of benzene rings is 1. The van der Waals surface area contributed by atoms with Gasteiger partial charge in [-0.2, -0.15) is 13.2 Å². The van der Waals surface area contributed by atoms with Crippen LogP contribution in [0.5, 0.6) is 0 Å². The molecule has 1 aliphatic rings. The Morgan fingerprint density at radius 2 is 1.95 bits per heavy atom. The van der Waals surface area contributed by atoms with E-state index in [1.165, 1.54) is 6.07 Å². The Morgan fingerprint density at radius 3 is 2.48 bits per heavy atom. The quantitative estimate of drug-likeness (QED) is 0.747. The third-order valence-corrected chi connectivity index (χ3v) is 4.19. The van der Waals surface area contributed by atoms with Gasteiger partial charge in [0.1, 0.15) is 0 Å². The molecule has 0 aromatic heterocycles. The van der Waals surface area contributed by atoms with E-state index in [4.69, 9.17) is 5.73 Å². The fourth-order valence-corrected chi connectivity index (χ4v) is 2.64. The van der Waals surface area contributed by atoms with Gasteiger partial charge in [0, 0.05) is 6.54 Å². The number of alkyl halides is 3. The molecule has 1 aromatic rings. The Kier molecular flexibility index (Phi) is 4.37. The first-order valence-electron chi connectivity index (χ1n) is 7.13. The van der Waals surface area contributed by atoms with Gasteiger partial charge in [0.25, 0.3) is 0 Å². The summed E-state index contributed by atoms with van der Waals surface area (Å²) in [5.41, 5.74) is 4.55. The van der Waals surface area contributed by atoms with E-state index in [-0.39, 0.29) is 5.69 Å². The zero-order valence-corrected chi connectivity index (χ0v) is 12.0. The lowest BCUT2D eigenvalue weighted by Crippen LogP contribution is -2.40. The molecule has 1 fully saturated rings. The van der Waals surface area contributed by atoms with E-state index in [9.17, 15) is 18.3 Å². The predicted molar refractivity (Wildman–Crippen MR) is 76.9 cm³/mol. The van der Waals surface area contributed by atoms with Gasteiger partial charge in [-0.25, -0.2) is 0 Å². The van der Waals surface area contributed by atoms with E-state index in [1.54, 1.807) is 0 Å². The Hall–Kier alpha value is -1.43. The SMILES string of the molecule is CC1CCC(O)(CNc2ccc(C(F)(F)F)cc2N)CC1. The first kappa shape index (κ1) is 15.9. The van der Waals surface area contributed by atoms with E-state index in [1.807, 2.05) is 0 Å². The minimum absolute atomic E-state index is 0.0394. The minimum atomic E-state index is -4.40. The largest absolute Gasteiger partial charge is 0.416 e. The zero-order valence-electron chi connectivity index (χ0n) is 12.0. The monoisotopic (exact) mass is 302 g/mol. The second kappa shape index (κ2) is 5.75. The van der Waals surface area contributed by atoms with Gasteiger partial charge in [-0.15, -0.1) is 0 Å². The summed E-state index contributed by atoms with van der Waals surface area (Å²) in [6.45, 7) is 2.45. The molecule has 0 amide bonds. The fourth-order valence-electron chi connectivity index (χ4n) is 2.64. The van der Waals surface area contributed by atoms with E-state index in [2.05, 4.69) is 12.2 Å². The van der Waals surface area contributed by atoms with Gasteiger partial charge in [-0.05, 0) is 49.8 Å². The van der Waals surface area contributed by atoms with Crippen molar-refractivity contribution in [3.05, 3.63) is 23.8 Å². The third kappa shape index (κ3) is 4.03. The van der Waals surface area contributed by atoms with Crippen LogP contribution < -0.4 is 11.1 Å². The van der Waals surface area contributed by atoms with Crippen molar-refractivity contribution in [2.24, 2.45) is 5.92 Å². The van der Waals surface area contributed by atoms with Crippen LogP contribution in [0.3, 0.4) is 0 Å². The summed E-state index contributed by atoms with van der Waals surface area (Å²) in [5, 5.41) is 13.4. The Morgan fingerprint density at radius 1 is 1.33 bits per heavy atom. The lowest BCUT2D eigenvalue weighted by molar-refractivity contribution is -0.137. The van der Waals surface area contributed by atoms with Crippen molar-refractivity contribution in [2.45, 2.75) is 44.4 Å². The molecule has 1 saturated carbocycles. The molecule has 3 nitrogen and oxygen atoms in total. The van der Waals surface area contributed by atoms with Gasteiger partial charge in [-0.3, -0.25) is 0 Å². The van der Waals surface area contributed by atoms with Crippen LogP contribution in [-0.4, -0.2) is 17.3 Å². The molecule has 6 heteroatoms. The van der Waals surface area contributed by atoms with Crippen LogP contribution in [0, 0.1) is 5.92 Å². The highest BCUT2D eigenvalue weighted by atomic mass is 19.4. The number of hydrogen-bond acceptors (Lipinski definition) is 3. The van der Waals surface area contributed by atoms with E-state index in [0.29, 0.717) is 31.0 Å². The van der Waals surface area contributed by atoms with Crippen molar-refractivity contribution >= 4 is 11.4 Å². The Balaban J connectivity index is 2.00. The number of nitrogen functional groups attached to an aromatic ring is 1. The normalized spacial score (nSPS) is 26.6. The number of hydrogen-bond donors (Lipinski definition) is 3. The van der Waals surface area contributed by atoms with Crippen LogP contribution >= 0.6 is 0 Å². The summed E-state index contributed by atoms with van der Waals surface area (Å²) >= 11 is 0. The molecular formula is C15H21F3N2O. The molecule has 21 heavy (non-hydrogen) atoms. The van der Waals surface area contributed by atoms with Crippen molar-refractivity contribution in [2.75, 3.05) is 17.6 Å². The minimum Gasteiger partial charge on any atom is -0.397 e. The van der Waals surface area contributed by atoms with Crippen molar-refractivity contribution in [1.82, 2.24) is 0 Å². The van der Waals surface area contributed by atoms with Gasteiger partial charge in [-0.1, -0.05) is 6.92 Å². The molecule has 2 rings (SSSR count). The highest BCUT2D eigenvalue weighted by molar-refractivity contribution is 5.67. The van der Waals surface area contributed by atoms with Crippen LogP contribution in [0.1, 0.15) is 38.2 Å². The molecule has 0 atom stereocenters. The van der Waals surface area contributed by atoms with Crippen molar-refractivity contribution < 1.29 is 18.3 Å². The maximum atomic E-state index is 12.6. The summed E-state index contributed by atoms with van der Waals surface area (Å²) in [5.74, 6) is 0.612. The van der Waals surface area contributed by atoms with Crippen LogP contribution in [0.15, 0.2) is 18.2 Å². The molecule has 0 bridgehead atoms. The van der Waals surface area contributed by atoms with Crippen molar-refractivity contribution in [1.29, 1.82) is 0 Å². The summed E-state index contributed by atoms with van der Waals surface area (Å²) in [6, 6.07) is 3.22. The van der Waals surface area contributed by atoms with Gasteiger partial charge in [0.2, 0.25) is 0 Å². The third-order valence-electron chi connectivity index (χ3n) is 4.19. The maximum absolute atomic E-state index is 12.6. The average molecular weight is 302 g/mol. The average Bonchev–Trinajstić information content (AvgIpc) is 2.40. The molecule has 0 spiro atoms. The predicted octanol–water partition coefficient (Wildman–Crippen LogP) is 3.64. The molecule has 0 radical (unpaired) electrons. The Bertz CT molecular complexity index is 494. The zero-order chi connectivity index (χ0) is 15.7.